The van der Waals surface area contributed by atoms with Crippen molar-refractivity contribution in [1.82, 2.24) is 4.98 Å². The molecular formula is C19H21N3O. The zero-order valence-corrected chi connectivity index (χ0v) is 13.9. The summed E-state index contributed by atoms with van der Waals surface area (Å²) in [7, 11) is 1.85. The van der Waals surface area contributed by atoms with Gasteiger partial charge in [-0.15, -0.1) is 0 Å². The van der Waals surface area contributed by atoms with Crippen LogP contribution in [0.1, 0.15) is 43.5 Å². The minimum Gasteiger partial charge on any atom is -0.361 e. The molecule has 2 rings (SSSR count). The Balaban J connectivity index is 2.35. The van der Waals surface area contributed by atoms with E-state index in [4.69, 9.17) is 0 Å². The van der Waals surface area contributed by atoms with Gasteiger partial charge in [-0.1, -0.05) is 32.9 Å². The van der Waals surface area contributed by atoms with Crippen molar-refractivity contribution in [2.24, 2.45) is 0 Å². The third kappa shape index (κ3) is 3.57. The number of anilines is 1. The second kappa shape index (κ2) is 6.62. The molecule has 0 saturated heterocycles. The van der Waals surface area contributed by atoms with Crippen LogP contribution in [0.4, 0.5) is 5.69 Å². The molecule has 0 fully saturated rings. The fourth-order valence-electron chi connectivity index (χ4n) is 2.47. The number of benzene rings is 1. The van der Waals surface area contributed by atoms with Crippen molar-refractivity contribution in [3.63, 3.8) is 0 Å². The first-order chi connectivity index (χ1) is 10.9. The molecule has 0 spiro atoms. The molecule has 4 heteroatoms. The van der Waals surface area contributed by atoms with Crippen molar-refractivity contribution in [3.8, 4) is 6.07 Å². The van der Waals surface area contributed by atoms with E-state index < -0.39 is 6.04 Å². The van der Waals surface area contributed by atoms with Crippen LogP contribution in [-0.2, 0) is 10.2 Å². The van der Waals surface area contributed by atoms with Crippen LogP contribution in [0.15, 0.2) is 42.7 Å². The molecule has 2 aromatic rings. The average molecular weight is 307 g/mol. The van der Waals surface area contributed by atoms with Gasteiger partial charge in [0.2, 0.25) is 0 Å². The molecule has 1 heterocycles. The summed E-state index contributed by atoms with van der Waals surface area (Å²) in [6, 6.07) is 11.3. The number of carbonyl (C=O) groups is 1. The predicted octanol–water partition coefficient (Wildman–Crippen LogP) is 3.63. The molecule has 0 aliphatic carbocycles. The lowest BCUT2D eigenvalue weighted by molar-refractivity contribution is -0.109. The van der Waals surface area contributed by atoms with Crippen molar-refractivity contribution in [2.45, 2.75) is 32.2 Å². The maximum atomic E-state index is 11.6. The number of carbonyl (C=O) groups excluding carboxylic acids is 1. The number of likely N-dealkylation sites (N-methyl/N-ethyl adjacent to an activating group) is 1. The van der Waals surface area contributed by atoms with Crippen LogP contribution in [0.5, 0.6) is 0 Å². The minimum atomic E-state index is -0.543. The fourth-order valence-corrected chi connectivity index (χ4v) is 2.47. The molecule has 1 unspecified atom stereocenters. The van der Waals surface area contributed by atoms with E-state index in [1.54, 1.807) is 18.5 Å². The van der Waals surface area contributed by atoms with Crippen LogP contribution in [0.3, 0.4) is 0 Å². The number of nitriles is 1. The van der Waals surface area contributed by atoms with E-state index in [1.807, 2.05) is 24.1 Å². The van der Waals surface area contributed by atoms with Crippen LogP contribution in [0.25, 0.3) is 0 Å². The minimum absolute atomic E-state index is 0.0818. The summed E-state index contributed by atoms with van der Waals surface area (Å²) in [5, 5.41) is 9.23. The smallest absolute Gasteiger partial charge is 0.147 e. The number of aromatic nitrogens is 1. The molecule has 0 aliphatic rings. The van der Waals surface area contributed by atoms with Gasteiger partial charge in [0.1, 0.15) is 12.3 Å². The first-order valence-electron chi connectivity index (χ1n) is 7.51. The summed E-state index contributed by atoms with van der Waals surface area (Å²) in [5.74, 6) is 0. The zero-order chi connectivity index (χ0) is 17.0. The van der Waals surface area contributed by atoms with Gasteiger partial charge >= 0.3 is 0 Å². The number of pyridine rings is 1. The van der Waals surface area contributed by atoms with Crippen molar-refractivity contribution in [1.29, 1.82) is 5.26 Å². The molecule has 1 atom stereocenters. The monoisotopic (exact) mass is 307 g/mol. The molecule has 0 amide bonds. The van der Waals surface area contributed by atoms with Gasteiger partial charge in [-0.3, -0.25) is 4.98 Å². The standard InChI is InChI=1S/C19H21N3O/c1-19(2,3)15-5-7-16(8-6-15)22(4)18(13-23)17-12-21-10-9-14(17)11-20/h5-10,12-13,18H,1-4H3. The normalized spacial score (nSPS) is 12.3. The average Bonchev–Trinajstić information content (AvgIpc) is 2.55. The lowest BCUT2D eigenvalue weighted by atomic mass is 9.87. The Morgan fingerprint density at radius 1 is 1.22 bits per heavy atom. The number of hydrogen-bond donors (Lipinski definition) is 0. The summed E-state index contributed by atoms with van der Waals surface area (Å²) in [6.45, 7) is 6.48. The summed E-state index contributed by atoms with van der Waals surface area (Å²) < 4.78 is 0. The molecule has 0 aliphatic heterocycles. The van der Waals surface area contributed by atoms with E-state index in [1.165, 1.54) is 5.56 Å². The maximum absolute atomic E-state index is 11.6. The Kier molecular flexibility index (Phi) is 4.80. The highest BCUT2D eigenvalue weighted by Crippen LogP contribution is 2.29. The number of nitrogens with zero attached hydrogens (tertiary/aromatic N) is 3. The van der Waals surface area contributed by atoms with Crippen LogP contribution < -0.4 is 4.90 Å². The third-order valence-electron chi connectivity index (χ3n) is 3.98. The number of aldehydes is 1. The third-order valence-corrected chi connectivity index (χ3v) is 3.98. The Labute approximate surface area is 137 Å². The summed E-state index contributed by atoms with van der Waals surface area (Å²) in [6.07, 6.45) is 3.98. The maximum Gasteiger partial charge on any atom is 0.147 e. The summed E-state index contributed by atoms with van der Waals surface area (Å²) >= 11 is 0. The topological polar surface area (TPSA) is 57.0 Å². The quantitative estimate of drug-likeness (QED) is 0.809. The van der Waals surface area contributed by atoms with Gasteiger partial charge in [0.25, 0.3) is 0 Å². The number of hydrogen-bond acceptors (Lipinski definition) is 4. The Hall–Kier alpha value is -2.67. The molecular weight excluding hydrogens is 286 g/mol. The van der Waals surface area contributed by atoms with Gasteiger partial charge in [-0.2, -0.15) is 5.26 Å². The van der Waals surface area contributed by atoms with Gasteiger partial charge in [0.15, 0.2) is 0 Å². The van der Waals surface area contributed by atoms with Gasteiger partial charge in [-0.25, -0.2) is 0 Å². The second-order valence-corrected chi connectivity index (χ2v) is 6.56. The van der Waals surface area contributed by atoms with Crippen molar-refractivity contribution >= 4 is 12.0 Å². The Morgan fingerprint density at radius 2 is 1.87 bits per heavy atom. The Bertz CT molecular complexity index is 724. The van der Waals surface area contributed by atoms with E-state index in [-0.39, 0.29) is 5.41 Å². The van der Waals surface area contributed by atoms with E-state index in [0.29, 0.717) is 11.1 Å². The molecule has 4 nitrogen and oxygen atoms in total. The molecule has 0 N–H and O–H groups in total. The first-order valence-corrected chi connectivity index (χ1v) is 7.51. The van der Waals surface area contributed by atoms with E-state index in [9.17, 15) is 10.1 Å². The largest absolute Gasteiger partial charge is 0.361 e. The van der Waals surface area contributed by atoms with Crippen molar-refractivity contribution in [3.05, 3.63) is 59.4 Å². The number of rotatable bonds is 4. The second-order valence-electron chi connectivity index (χ2n) is 6.56. The summed E-state index contributed by atoms with van der Waals surface area (Å²) in [4.78, 5) is 17.5. The van der Waals surface area contributed by atoms with Gasteiger partial charge in [-0.05, 0) is 29.2 Å². The highest BCUT2D eigenvalue weighted by atomic mass is 16.1. The molecule has 1 aromatic carbocycles. The van der Waals surface area contributed by atoms with E-state index >= 15 is 0 Å². The molecule has 118 valence electrons. The molecule has 0 saturated carbocycles. The van der Waals surface area contributed by atoms with Crippen molar-refractivity contribution < 1.29 is 4.79 Å². The molecule has 0 radical (unpaired) electrons. The lowest BCUT2D eigenvalue weighted by Crippen LogP contribution is -2.26. The zero-order valence-electron chi connectivity index (χ0n) is 13.9. The van der Waals surface area contributed by atoms with Crippen molar-refractivity contribution in [2.75, 3.05) is 11.9 Å². The van der Waals surface area contributed by atoms with E-state index in [2.05, 4.69) is 44.0 Å². The van der Waals surface area contributed by atoms with Crippen LogP contribution in [-0.4, -0.2) is 18.3 Å². The predicted molar refractivity (Wildman–Crippen MR) is 91.3 cm³/mol. The first kappa shape index (κ1) is 16.7. The highest BCUT2D eigenvalue weighted by Gasteiger charge is 2.21. The molecule has 0 bridgehead atoms. The summed E-state index contributed by atoms with van der Waals surface area (Å²) in [5.41, 5.74) is 3.32. The fraction of sp³-hybridized carbons (Fsp3) is 0.316. The van der Waals surface area contributed by atoms with Gasteiger partial charge in [0, 0.05) is 30.7 Å². The SMILES string of the molecule is CN(c1ccc(C(C)(C)C)cc1)C(C=O)c1cnccc1C#N. The van der Waals surface area contributed by atoms with Crippen LogP contribution in [0.2, 0.25) is 0 Å². The lowest BCUT2D eigenvalue weighted by Gasteiger charge is -2.27. The Morgan fingerprint density at radius 3 is 2.39 bits per heavy atom. The van der Waals surface area contributed by atoms with Crippen LogP contribution in [0, 0.1) is 11.3 Å². The van der Waals surface area contributed by atoms with Gasteiger partial charge < -0.3 is 9.69 Å². The van der Waals surface area contributed by atoms with Crippen LogP contribution >= 0.6 is 0 Å². The van der Waals surface area contributed by atoms with Gasteiger partial charge in [0.05, 0.1) is 11.6 Å². The van der Waals surface area contributed by atoms with E-state index in [0.717, 1.165) is 12.0 Å². The molecule has 1 aromatic heterocycles. The highest BCUT2D eigenvalue weighted by molar-refractivity contribution is 5.70. The molecule has 23 heavy (non-hydrogen) atoms.